The predicted octanol–water partition coefficient (Wildman–Crippen LogP) is 2.04. The molecule has 0 aromatic rings. The molecule has 290 valence electrons. The van der Waals surface area contributed by atoms with Gasteiger partial charge in [0, 0.05) is 52.1 Å². The van der Waals surface area contributed by atoms with Crippen molar-refractivity contribution in [2.45, 2.75) is 122 Å². The van der Waals surface area contributed by atoms with Gasteiger partial charge < -0.3 is 48.7 Å². The standard InChI is InChI=1S/C37H73N9O4/c1-3-5-7-9-20-34(47)45(30-16-26-43-36(49)32(40)18-13-22-38)28-12-11-24-42-25-15-29-46(35(48)21-10-8-6-4-2)31-17-27-44-37(50)33(41)19-14-23-39/h5-8,32-33,42H,3-4,9-31,38-41H2,1-2H3,(H,43,49)(H,44,50)/t32-,33-/m0/s1. The number of carbonyl (C=O) groups excluding carboxylic acids is 4. The minimum Gasteiger partial charge on any atom is -0.355 e. The summed E-state index contributed by atoms with van der Waals surface area (Å²) < 4.78 is 0. The van der Waals surface area contributed by atoms with Gasteiger partial charge in [0.15, 0.2) is 0 Å². The summed E-state index contributed by atoms with van der Waals surface area (Å²) >= 11 is 0. The van der Waals surface area contributed by atoms with Crippen LogP contribution in [0.3, 0.4) is 0 Å². The molecule has 0 spiro atoms. The quantitative estimate of drug-likeness (QED) is 0.0392. The number of hydrogen-bond donors (Lipinski definition) is 7. The molecule has 0 aromatic carbocycles. The third-order valence-corrected chi connectivity index (χ3v) is 8.29. The van der Waals surface area contributed by atoms with Gasteiger partial charge in [0.05, 0.1) is 12.1 Å². The van der Waals surface area contributed by atoms with Crippen LogP contribution in [0.5, 0.6) is 0 Å². The molecular formula is C37H73N9O4. The molecular weight excluding hydrogens is 634 g/mol. The van der Waals surface area contributed by atoms with E-state index < -0.39 is 12.1 Å². The zero-order valence-electron chi connectivity index (χ0n) is 31.5. The van der Waals surface area contributed by atoms with Gasteiger partial charge in [-0.15, -0.1) is 0 Å². The summed E-state index contributed by atoms with van der Waals surface area (Å²) in [6.07, 6.45) is 19.1. The Morgan fingerprint density at radius 2 is 0.960 bits per heavy atom. The van der Waals surface area contributed by atoms with E-state index in [0.717, 1.165) is 58.0 Å². The highest BCUT2D eigenvalue weighted by Crippen LogP contribution is 2.06. The van der Waals surface area contributed by atoms with E-state index in [1.165, 1.54) is 0 Å². The first-order chi connectivity index (χ1) is 24.2. The van der Waals surface area contributed by atoms with E-state index in [9.17, 15) is 19.2 Å². The molecule has 0 saturated carbocycles. The topological polar surface area (TPSA) is 215 Å². The number of nitrogens with one attached hydrogen (secondary N) is 3. The van der Waals surface area contributed by atoms with Crippen LogP contribution in [-0.4, -0.2) is 111 Å². The van der Waals surface area contributed by atoms with Gasteiger partial charge in [-0.25, -0.2) is 0 Å². The van der Waals surface area contributed by atoms with Crippen molar-refractivity contribution in [2.24, 2.45) is 22.9 Å². The molecule has 0 radical (unpaired) electrons. The highest BCUT2D eigenvalue weighted by molar-refractivity contribution is 5.81. The molecule has 13 heteroatoms. The Labute approximate surface area is 303 Å². The molecule has 0 unspecified atom stereocenters. The first-order valence-corrected chi connectivity index (χ1v) is 19.2. The van der Waals surface area contributed by atoms with Crippen LogP contribution in [0.4, 0.5) is 0 Å². The highest BCUT2D eigenvalue weighted by atomic mass is 16.2. The van der Waals surface area contributed by atoms with Gasteiger partial charge in [-0.3, -0.25) is 19.2 Å². The van der Waals surface area contributed by atoms with Crippen LogP contribution in [0.2, 0.25) is 0 Å². The number of carbonyl (C=O) groups is 4. The summed E-state index contributed by atoms with van der Waals surface area (Å²) in [7, 11) is 0. The minimum absolute atomic E-state index is 0.126. The molecule has 4 amide bonds. The van der Waals surface area contributed by atoms with Crippen LogP contribution in [0, 0.1) is 0 Å². The number of nitrogens with zero attached hydrogens (tertiary/aromatic N) is 2. The average molecular weight is 708 g/mol. The lowest BCUT2D eigenvalue weighted by atomic mass is 10.1. The van der Waals surface area contributed by atoms with Crippen LogP contribution in [-0.2, 0) is 19.2 Å². The Bertz CT molecular complexity index is 874. The molecule has 0 aliphatic rings. The Morgan fingerprint density at radius 1 is 0.560 bits per heavy atom. The third-order valence-electron chi connectivity index (χ3n) is 8.29. The smallest absolute Gasteiger partial charge is 0.236 e. The lowest BCUT2D eigenvalue weighted by Gasteiger charge is -2.24. The number of hydrogen-bond acceptors (Lipinski definition) is 9. The van der Waals surface area contributed by atoms with Crippen LogP contribution >= 0.6 is 0 Å². The van der Waals surface area contributed by atoms with Gasteiger partial charge in [0.25, 0.3) is 0 Å². The number of unbranched alkanes of at least 4 members (excludes halogenated alkanes) is 1. The van der Waals surface area contributed by atoms with Gasteiger partial charge >= 0.3 is 0 Å². The number of nitrogens with two attached hydrogens (primary N) is 4. The van der Waals surface area contributed by atoms with Crippen LogP contribution in [0.25, 0.3) is 0 Å². The van der Waals surface area contributed by atoms with Crippen molar-refractivity contribution in [3.63, 3.8) is 0 Å². The Kier molecular flexibility index (Phi) is 31.4. The average Bonchev–Trinajstić information content (AvgIpc) is 3.11. The number of rotatable bonds is 33. The fourth-order valence-corrected chi connectivity index (χ4v) is 5.26. The van der Waals surface area contributed by atoms with E-state index in [1.807, 2.05) is 9.80 Å². The maximum atomic E-state index is 13.0. The monoisotopic (exact) mass is 708 g/mol. The van der Waals surface area contributed by atoms with Crippen LogP contribution in [0.1, 0.15) is 110 Å². The lowest BCUT2D eigenvalue weighted by Crippen LogP contribution is -2.42. The minimum atomic E-state index is -0.555. The summed E-state index contributed by atoms with van der Waals surface area (Å²) in [6.45, 7) is 10.2. The van der Waals surface area contributed by atoms with Gasteiger partial charge in [-0.1, -0.05) is 38.2 Å². The first kappa shape index (κ1) is 47.2. The predicted molar refractivity (Wildman–Crippen MR) is 205 cm³/mol. The molecule has 0 saturated heterocycles. The summed E-state index contributed by atoms with van der Waals surface area (Å²) in [4.78, 5) is 54.1. The Balaban J connectivity index is 4.67. The maximum absolute atomic E-state index is 13.0. The SMILES string of the molecule is CCC=CCCC(=O)N(CCCCNCCCN(CCCNC(=O)[C@@H](N)CCCN)C(=O)CCC=CCC)CCCNC(=O)[C@@H](N)CCCN. The van der Waals surface area contributed by atoms with Crippen molar-refractivity contribution in [1.82, 2.24) is 25.8 Å². The van der Waals surface area contributed by atoms with Crippen LogP contribution in [0.15, 0.2) is 24.3 Å². The van der Waals surface area contributed by atoms with Gasteiger partial charge in [0.1, 0.15) is 0 Å². The second-order valence-electron chi connectivity index (χ2n) is 12.8. The highest BCUT2D eigenvalue weighted by Gasteiger charge is 2.16. The van der Waals surface area contributed by atoms with E-state index >= 15 is 0 Å². The zero-order valence-corrected chi connectivity index (χ0v) is 31.5. The molecule has 50 heavy (non-hydrogen) atoms. The number of amides is 4. The molecule has 0 bridgehead atoms. The molecule has 2 atom stereocenters. The van der Waals surface area contributed by atoms with Crippen LogP contribution < -0.4 is 38.9 Å². The van der Waals surface area contributed by atoms with E-state index in [0.29, 0.717) is 104 Å². The molecule has 0 heterocycles. The van der Waals surface area contributed by atoms with E-state index in [-0.39, 0.29) is 23.6 Å². The van der Waals surface area contributed by atoms with E-state index in [1.54, 1.807) is 0 Å². The number of allylic oxidation sites excluding steroid dienone is 4. The van der Waals surface area contributed by atoms with E-state index in [4.69, 9.17) is 22.9 Å². The van der Waals surface area contributed by atoms with Crippen molar-refractivity contribution in [2.75, 3.05) is 65.4 Å². The molecule has 13 nitrogen and oxygen atoms in total. The third kappa shape index (κ3) is 26.0. The largest absolute Gasteiger partial charge is 0.355 e. The van der Waals surface area contributed by atoms with Gasteiger partial charge in [-0.2, -0.15) is 0 Å². The van der Waals surface area contributed by atoms with Crippen molar-refractivity contribution in [3.8, 4) is 0 Å². The first-order valence-electron chi connectivity index (χ1n) is 19.2. The Morgan fingerprint density at radius 3 is 1.38 bits per heavy atom. The summed E-state index contributed by atoms with van der Waals surface area (Å²) in [6, 6.07) is -1.11. The molecule has 0 fully saturated rings. The van der Waals surface area contributed by atoms with Gasteiger partial charge in [-0.05, 0) is 110 Å². The summed E-state index contributed by atoms with van der Waals surface area (Å²) in [5, 5.41) is 9.25. The second-order valence-corrected chi connectivity index (χ2v) is 12.8. The zero-order chi connectivity index (χ0) is 37.2. The van der Waals surface area contributed by atoms with Crippen molar-refractivity contribution in [3.05, 3.63) is 24.3 Å². The molecule has 0 rings (SSSR count). The van der Waals surface area contributed by atoms with Crippen molar-refractivity contribution in [1.29, 1.82) is 0 Å². The van der Waals surface area contributed by atoms with Crippen molar-refractivity contribution >= 4 is 23.6 Å². The Hall–Kier alpha value is -2.84. The molecule has 0 aliphatic carbocycles. The molecule has 11 N–H and O–H groups in total. The molecule has 0 aromatic heterocycles. The maximum Gasteiger partial charge on any atom is 0.236 e. The fourth-order valence-electron chi connectivity index (χ4n) is 5.26. The lowest BCUT2D eigenvalue weighted by molar-refractivity contribution is -0.132. The normalized spacial score (nSPS) is 12.7. The van der Waals surface area contributed by atoms with Gasteiger partial charge in [0.2, 0.25) is 23.6 Å². The summed E-state index contributed by atoms with van der Waals surface area (Å²) in [5.41, 5.74) is 22.9. The second kappa shape index (κ2) is 33.3. The summed E-state index contributed by atoms with van der Waals surface area (Å²) in [5.74, 6) is -0.0910. The van der Waals surface area contributed by atoms with Crippen molar-refractivity contribution < 1.29 is 19.2 Å². The molecule has 0 aliphatic heterocycles. The fraction of sp³-hybridized carbons (Fsp3) is 0.784. The van der Waals surface area contributed by atoms with E-state index in [2.05, 4.69) is 54.1 Å².